The molecule has 4 rings (SSSR count). The fourth-order valence-electron chi connectivity index (χ4n) is 3.61. The molecule has 0 fully saturated rings. The Morgan fingerprint density at radius 3 is 2.64 bits per heavy atom. The topological polar surface area (TPSA) is 60.3 Å². The molecule has 1 aliphatic heterocycles. The molecular weight excluding hydrogens is 336 g/mol. The van der Waals surface area contributed by atoms with Gasteiger partial charge in [-0.2, -0.15) is 0 Å². The molecule has 5 nitrogen and oxygen atoms in total. The fraction of sp³-hybridized carbons (Fsp3) is 0.263. The van der Waals surface area contributed by atoms with E-state index in [1.54, 1.807) is 37.6 Å². The van der Waals surface area contributed by atoms with Crippen LogP contribution in [0.4, 0.5) is 0 Å². The monoisotopic (exact) mass is 356 g/mol. The summed E-state index contributed by atoms with van der Waals surface area (Å²) in [5.41, 5.74) is 2.75. The summed E-state index contributed by atoms with van der Waals surface area (Å²) in [6.45, 7) is 2.87. The van der Waals surface area contributed by atoms with Crippen LogP contribution < -0.4 is 10.1 Å². The second-order valence-corrected chi connectivity index (χ2v) is 8.08. The van der Waals surface area contributed by atoms with E-state index in [1.165, 1.54) is 3.97 Å². The molecule has 1 N–H and O–H groups in total. The molecule has 1 aliphatic rings. The molecule has 2 aromatic carbocycles. The summed E-state index contributed by atoms with van der Waals surface area (Å²) < 4.78 is 33.2. The van der Waals surface area contributed by atoms with Gasteiger partial charge in [0.15, 0.2) is 0 Å². The van der Waals surface area contributed by atoms with Crippen molar-refractivity contribution < 1.29 is 13.2 Å². The van der Waals surface area contributed by atoms with Gasteiger partial charge in [-0.15, -0.1) is 0 Å². The van der Waals surface area contributed by atoms with E-state index < -0.39 is 10.0 Å². The second kappa shape index (κ2) is 5.89. The zero-order valence-corrected chi connectivity index (χ0v) is 15.0. The Bertz CT molecular complexity index is 1040. The van der Waals surface area contributed by atoms with Crippen LogP contribution in [0.2, 0.25) is 0 Å². The van der Waals surface area contributed by atoms with Gasteiger partial charge in [0.05, 0.1) is 17.5 Å². The number of methoxy groups -OCH3 is 1. The maximum atomic E-state index is 13.1. The van der Waals surface area contributed by atoms with Crippen LogP contribution in [0.5, 0.6) is 5.75 Å². The summed E-state index contributed by atoms with van der Waals surface area (Å²) in [6, 6.07) is 12.3. The lowest BCUT2D eigenvalue weighted by atomic mass is 10.0. The Morgan fingerprint density at radius 1 is 1.16 bits per heavy atom. The normalized spacial score (nSPS) is 17.4. The highest BCUT2D eigenvalue weighted by atomic mass is 32.2. The lowest BCUT2D eigenvalue weighted by molar-refractivity contribution is 0.404. The number of rotatable bonds is 3. The van der Waals surface area contributed by atoms with Gasteiger partial charge in [-0.1, -0.05) is 18.2 Å². The molecule has 0 aliphatic carbocycles. The molecule has 1 atom stereocenters. The molecule has 25 heavy (non-hydrogen) atoms. The van der Waals surface area contributed by atoms with E-state index in [0.717, 1.165) is 35.2 Å². The van der Waals surface area contributed by atoms with Gasteiger partial charge in [-0.25, -0.2) is 12.4 Å². The van der Waals surface area contributed by atoms with Gasteiger partial charge < -0.3 is 10.1 Å². The minimum atomic E-state index is -3.64. The van der Waals surface area contributed by atoms with E-state index >= 15 is 0 Å². The SMILES string of the molecule is COc1ccc2c3c(cn2S(=O)(=O)c2ccccc2)CCNC(C)c13. The van der Waals surface area contributed by atoms with Crippen molar-refractivity contribution in [1.82, 2.24) is 9.29 Å². The van der Waals surface area contributed by atoms with Crippen molar-refractivity contribution in [2.24, 2.45) is 0 Å². The maximum absolute atomic E-state index is 13.1. The number of hydrogen-bond donors (Lipinski definition) is 1. The van der Waals surface area contributed by atoms with Crippen molar-refractivity contribution >= 4 is 20.9 Å². The van der Waals surface area contributed by atoms with Gasteiger partial charge in [0.2, 0.25) is 0 Å². The van der Waals surface area contributed by atoms with Crippen LogP contribution in [0, 0.1) is 0 Å². The third-order valence-electron chi connectivity index (χ3n) is 4.81. The zero-order chi connectivity index (χ0) is 17.6. The van der Waals surface area contributed by atoms with Gasteiger partial charge in [0.25, 0.3) is 10.0 Å². The number of hydrogen-bond acceptors (Lipinski definition) is 4. The molecule has 130 valence electrons. The van der Waals surface area contributed by atoms with Crippen molar-refractivity contribution in [3.63, 3.8) is 0 Å². The van der Waals surface area contributed by atoms with Gasteiger partial charge in [-0.05, 0) is 49.7 Å². The molecule has 1 unspecified atom stereocenters. The summed E-state index contributed by atoms with van der Waals surface area (Å²) >= 11 is 0. The first-order valence-corrected chi connectivity index (χ1v) is 9.73. The molecule has 0 spiro atoms. The first kappa shape index (κ1) is 16.2. The molecule has 3 aromatic rings. The fourth-order valence-corrected chi connectivity index (χ4v) is 5.02. The molecule has 6 heteroatoms. The van der Waals surface area contributed by atoms with Crippen molar-refractivity contribution in [3.8, 4) is 5.75 Å². The summed E-state index contributed by atoms with van der Waals surface area (Å²) in [5, 5.41) is 4.45. The van der Waals surface area contributed by atoms with Crippen molar-refractivity contribution in [2.75, 3.05) is 13.7 Å². The van der Waals surface area contributed by atoms with Gasteiger partial charge >= 0.3 is 0 Å². The Morgan fingerprint density at radius 2 is 1.92 bits per heavy atom. The summed E-state index contributed by atoms with van der Waals surface area (Å²) in [7, 11) is -1.99. The number of nitrogens with one attached hydrogen (secondary N) is 1. The number of ether oxygens (including phenoxy) is 1. The molecule has 0 saturated heterocycles. The van der Waals surface area contributed by atoms with Crippen molar-refractivity contribution in [3.05, 3.63) is 59.8 Å². The van der Waals surface area contributed by atoms with Crippen molar-refractivity contribution in [1.29, 1.82) is 0 Å². The van der Waals surface area contributed by atoms with Crippen LogP contribution in [-0.2, 0) is 16.4 Å². The average Bonchev–Trinajstić information content (AvgIpc) is 2.92. The van der Waals surface area contributed by atoms with Gasteiger partial charge in [0, 0.05) is 23.2 Å². The Labute approximate surface area is 147 Å². The van der Waals surface area contributed by atoms with Gasteiger partial charge in [0.1, 0.15) is 5.75 Å². The smallest absolute Gasteiger partial charge is 0.268 e. The average molecular weight is 356 g/mol. The molecule has 0 amide bonds. The molecule has 2 heterocycles. The Balaban J connectivity index is 2.04. The minimum absolute atomic E-state index is 0.0928. The van der Waals surface area contributed by atoms with Crippen molar-refractivity contribution in [2.45, 2.75) is 24.3 Å². The highest BCUT2D eigenvalue weighted by molar-refractivity contribution is 7.90. The highest BCUT2D eigenvalue weighted by Crippen LogP contribution is 2.38. The Kier molecular flexibility index (Phi) is 3.81. The van der Waals surface area contributed by atoms with E-state index in [-0.39, 0.29) is 6.04 Å². The summed E-state index contributed by atoms with van der Waals surface area (Å²) in [4.78, 5) is 0.291. The van der Waals surface area contributed by atoms with E-state index in [1.807, 2.05) is 18.2 Å². The lowest BCUT2D eigenvalue weighted by Gasteiger charge is -2.17. The molecular formula is C19H20N2O3S. The van der Waals surface area contributed by atoms with Crippen LogP contribution in [0.3, 0.4) is 0 Å². The van der Waals surface area contributed by atoms with Crippen LogP contribution in [0.1, 0.15) is 24.1 Å². The number of aromatic nitrogens is 1. The predicted octanol–water partition coefficient (Wildman–Crippen LogP) is 3.09. The van der Waals surface area contributed by atoms with Crippen LogP contribution in [-0.4, -0.2) is 26.0 Å². The summed E-state index contributed by atoms with van der Waals surface area (Å²) in [5.74, 6) is 0.783. The second-order valence-electron chi connectivity index (χ2n) is 6.27. The first-order valence-electron chi connectivity index (χ1n) is 8.29. The third kappa shape index (κ3) is 2.44. The zero-order valence-electron chi connectivity index (χ0n) is 14.2. The van der Waals surface area contributed by atoms with E-state index in [4.69, 9.17) is 4.74 Å². The molecule has 0 radical (unpaired) electrons. The molecule has 0 bridgehead atoms. The highest BCUT2D eigenvalue weighted by Gasteiger charge is 2.27. The van der Waals surface area contributed by atoms with E-state index in [9.17, 15) is 8.42 Å². The number of nitrogens with zero attached hydrogens (tertiary/aromatic N) is 1. The largest absolute Gasteiger partial charge is 0.496 e. The quantitative estimate of drug-likeness (QED) is 0.783. The predicted molar refractivity (Wildman–Crippen MR) is 97.6 cm³/mol. The minimum Gasteiger partial charge on any atom is -0.496 e. The van der Waals surface area contributed by atoms with Crippen LogP contribution in [0.15, 0.2) is 53.6 Å². The maximum Gasteiger partial charge on any atom is 0.268 e. The summed E-state index contributed by atoms with van der Waals surface area (Å²) in [6.07, 6.45) is 2.54. The van der Waals surface area contributed by atoms with E-state index in [2.05, 4.69) is 12.2 Å². The third-order valence-corrected chi connectivity index (χ3v) is 6.50. The van der Waals surface area contributed by atoms with Gasteiger partial charge in [-0.3, -0.25) is 0 Å². The molecule has 0 saturated carbocycles. The van der Waals surface area contributed by atoms with Crippen LogP contribution >= 0.6 is 0 Å². The number of benzene rings is 2. The standard InChI is InChI=1S/C19H20N2O3S/c1-13-18-17(24-2)9-8-16-19(18)14(10-11-20-13)12-21(16)25(22,23)15-6-4-3-5-7-15/h3-9,12-13,20H,10-11H2,1-2H3. The first-order chi connectivity index (χ1) is 12.0. The lowest BCUT2D eigenvalue weighted by Crippen LogP contribution is -2.20. The van der Waals surface area contributed by atoms with Crippen LogP contribution in [0.25, 0.3) is 10.9 Å². The Hall–Kier alpha value is -2.31. The van der Waals surface area contributed by atoms with E-state index in [0.29, 0.717) is 10.4 Å². The molecule has 1 aromatic heterocycles.